The van der Waals surface area contributed by atoms with Gasteiger partial charge in [-0.1, -0.05) is 32.4 Å². The Kier molecular flexibility index (Phi) is 4.83. The van der Waals surface area contributed by atoms with Crippen molar-refractivity contribution >= 4 is 10.0 Å². The van der Waals surface area contributed by atoms with E-state index in [1.54, 1.807) is 12.1 Å². The zero-order valence-corrected chi connectivity index (χ0v) is 12.9. The minimum Gasteiger partial charge on any atom is -0.395 e. The molecule has 1 unspecified atom stereocenters. The Balaban J connectivity index is 2.29. The quantitative estimate of drug-likeness (QED) is 0.928. The van der Waals surface area contributed by atoms with Crippen LogP contribution in [0.3, 0.4) is 0 Å². The predicted octanol–water partition coefficient (Wildman–Crippen LogP) is 2.35. The van der Waals surface area contributed by atoms with Crippen LogP contribution in [-0.4, -0.2) is 37.0 Å². The summed E-state index contributed by atoms with van der Waals surface area (Å²) in [4.78, 5) is 0.322. The van der Waals surface area contributed by atoms with Gasteiger partial charge in [-0.25, -0.2) is 8.42 Å². The molecule has 1 aromatic rings. The molecule has 0 saturated carbocycles. The van der Waals surface area contributed by atoms with Gasteiger partial charge < -0.3 is 5.11 Å². The average molecular weight is 297 g/mol. The first-order valence-electron chi connectivity index (χ1n) is 7.19. The highest BCUT2D eigenvalue weighted by Gasteiger charge is 2.32. The zero-order valence-electron chi connectivity index (χ0n) is 12.1. The Morgan fingerprint density at radius 2 is 1.90 bits per heavy atom. The Morgan fingerprint density at radius 3 is 2.45 bits per heavy atom. The van der Waals surface area contributed by atoms with Gasteiger partial charge in [0.1, 0.15) is 0 Å². The van der Waals surface area contributed by atoms with E-state index >= 15 is 0 Å². The highest BCUT2D eigenvalue weighted by molar-refractivity contribution is 7.89. The number of hydrogen-bond donors (Lipinski definition) is 1. The summed E-state index contributed by atoms with van der Waals surface area (Å²) < 4.78 is 26.8. The topological polar surface area (TPSA) is 57.6 Å². The van der Waals surface area contributed by atoms with Gasteiger partial charge in [-0.05, 0) is 36.5 Å². The lowest BCUT2D eigenvalue weighted by Crippen LogP contribution is -2.45. The van der Waals surface area contributed by atoms with Crippen LogP contribution < -0.4 is 0 Å². The van der Waals surface area contributed by atoms with Crippen molar-refractivity contribution in [3.05, 3.63) is 29.8 Å². The van der Waals surface area contributed by atoms with Crippen molar-refractivity contribution in [2.24, 2.45) is 0 Å². The molecule has 0 aromatic heterocycles. The SMILES string of the molecule is CC(C)c1ccc(S(=O)(=O)N2CCCCC2CO)cc1. The maximum Gasteiger partial charge on any atom is 0.243 e. The molecule has 1 heterocycles. The molecule has 0 spiro atoms. The minimum absolute atomic E-state index is 0.108. The van der Waals surface area contributed by atoms with Gasteiger partial charge in [0.05, 0.1) is 11.5 Å². The lowest BCUT2D eigenvalue weighted by Gasteiger charge is -2.33. The molecular weight excluding hydrogens is 274 g/mol. The third kappa shape index (κ3) is 3.05. The van der Waals surface area contributed by atoms with Crippen molar-refractivity contribution in [3.63, 3.8) is 0 Å². The number of hydrogen-bond acceptors (Lipinski definition) is 3. The summed E-state index contributed by atoms with van der Waals surface area (Å²) in [5, 5.41) is 9.38. The lowest BCUT2D eigenvalue weighted by atomic mass is 10.0. The molecule has 1 N–H and O–H groups in total. The van der Waals surface area contributed by atoms with E-state index < -0.39 is 10.0 Å². The van der Waals surface area contributed by atoms with Crippen molar-refractivity contribution in [1.29, 1.82) is 0 Å². The molecule has 0 amide bonds. The van der Waals surface area contributed by atoms with E-state index in [0.29, 0.717) is 17.4 Å². The molecular formula is C15H23NO3S. The van der Waals surface area contributed by atoms with E-state index in [9.17, 15) is 13.5 Å². The fourth-order valence-corrected chi connectivity index (χ4v) is 4.32. The Hall–Kier alpha value is -0.910. The highest BCUT2D eigenvalue weighted by Crippen LogP contribution is 2.26. The highest BCUT2D eigenvalue weighted by atomic mass is 32.2. The van der Waals surface area contributed by atoms with Crippen molar-refractivity contribution in [1.82, 2.24) is 4.31 Å². The molecule has 1 fully saturated rings. The van der Waals surface area contributed by atoms with Crippen molar-refractivity contribution in [2.45, 2.75) is 50.0 Å². The molecule has 112 valence electrons. The number of benzene rings is 1. The fraction of sp³-hybridized carbons (Fsp3) is 0.600. The van der Waals surface area contributed by atoms with E-state index in [1.165, 1.54) is 4.31 Å². The second-order valence-corrected chi connectivity index (χ2v) is 7.56. The monoisotopic (exact) mass is 297 g/mol. The van der Waals surface area contributed by atoms with Crippen LogP contribution in [0.15, 0.2) is 29.2 Å². The summed E-state index contributed by atoms with van der Waals surface area (Å²) in [5.41, 5.74) is 1.13. The molecule has 2 rings (SSSR count). The Bertz CT molecular complexity index is 537. The molecule has 1 atom stereocenters. The standard InChI is InChI=1S/C15H23NO3S/c1-12(2)13-6-8-15(9-7-13)20(18,19)16-10-4-3-5-14(16)11-17/h6-9,12,14,17H,3-5,10-11H2,1-2H3. The first-order valence-corrected chi connectivity index (χ1v) is 8.63. The summed E-state index contributed by atoms with van der Waals surface area (Å²) in [6.07, 6.45) is 2.57. The van der Waals surface area contributed by atoms with Crippen LogP contribution in [-0.2, 0) is 10.0 Å². The smallest absolute Gasteiger partial charge is 0.243 e. The van der Waals surface area contributed by atoms with E-state index in [2.05, 4.69) is 13.8 Å². The van der Waals surface area contributed by atoms with Crippen LogP contribution in [0, 0.1) is 0 Å². The summed E-state index contributed by atoms with van der Waals surface area (Å²) in [6, 6.07) is 6.81. The molecule has 0 aliphatic carbocycles. The molecule has 4 nitrogen and oxygen atoms in total. The number of aliphatic hydroxyl groups excluding tert-OH is 1. The zero-order chi connectivity index (χ0) is 14.8. The van der Waals surface area contributed by atoms with Gasteiger partial charge in [-0.2, -0.15) is 4.31 Å². The number of sulfonamides is 1. The van der Waals surface area contributed by atoms with Gasteiger partial charge in [0, 0.05) is 12.6 Å². The minimum atomic E-state index is -3.49. The molecule has 1 aliphatic heterocycles. The van der Waals surface area contributed by atoms with Gasteiger partial charge in [0.15, 0.2) is 0 Å². The van der Waals surface area contributed by atoms with Gasteiger partial charge in [-0.3, -0.25) is 0 Å². The van der Waals surface area contributed by atoms with Crippen LogP contribution in [0.25, 0.3) is 0 Å². The maximum atomic E-state index is 12.7. The Morgan fingerprint density at radius 1 is 1.25 bits per heavy atom. The van der Waals surface area contributed by atoms with E-state index in [4.69, 9.17) is 0 Å². The molecule has 1 saturated heterocycles. The van der Waals surface area contributed by atoms with Crippen LogP contribution in [0.5, 0.6) is 0 Å². The van der Waals surface area contributed by atoms with E-state index in [-0.39, 0.29) is 12.6 Å². The lowest BCUT2D eigenvalue weighted by molar-refractivity contribution is 0.155. The first kappa shape index (κ1) is 15.5. The molecule has 20 heavy (non-hydrogen) atoms. The molecule has 5 heteroatoms. The average Bonchev–Trinajstić information content (AvgIpc) is 2.47. The number of aliphatic hydroxyl groups is 1. The fourth-order valence-electron chi connectivity index (χ4n) is 2.63. The van der Waals surface area contributed by atoms with Crippen molar-refractivity contribution in [3.8, 4) is 0 Å². The van der Waals surface area contributed by atoms with Gasteiger partial charge >= 0.3 is 0 Å². The number of nitrogens with zero attached hydrogens (tertiary/aromatic N) is 1. The van der Waals surface area contributed by atoms with Gasteiger partial charge in [0.25, 0.3) is 0 Å². The van der Waals surface area contributed by atoms with Crippen LogP contribution in [0.4, 0.5) is 0 Å². The summed E-state index contributed by atoms with van der Waals surface area (Å²) in [6.45, 7) is 4.55. The summed E-state index contributed by atoms with van der Waals surface area (Å²) in [7, 11) is -3.49. The van der Waals surface area contributed by atoms with Crippen LogP contribution in [0.2, 0.25) is 0 Å². The first-order chi connectivity index (χ1) is 9.46. The van der Waals surface area contributed by atoms with Crippen molar-refractivity contribution < 1.29 is 13.5 Å². The summed E-state index contributed by atoms with van der Waals surface area (Å²) in [5.74, 6) is 0.381. The van der Waals surface area contributed by atoms with E-state index in [0.717, 1.165) is 24.8 Å². The largest absolute Gasteiger partial charge is 0.395 e. The van der Waals surface area contributed by atoms with Gasteiger partial charge in [0.2, 0.25) is 10.0 Å². The number of rotatable bonds is 4. The predicted molar refractivity (Wildman–Crippen MR) is 79.1 cm³/mol. The van der Waals surface area contributed by atoms with Crippen molar-refractivity contribution in [2.75, 3.05) is 13.2 Å². The second kappa shape index (κ2) is 6.24. The Labute approximate surface area is 121 Å². The van der Waals surface area contributed by atoms with Crippen LogP contribution in [0.1, 0.15) is 44.6 Å². The van der Waals surface area contributed by atoms with Gasteiger partial charge in [-0.15, -0.1) is 0 Å². The van der Waals surface area contributed by atoms with Crippen LogP contribution >= 0.6 is 0 Å². The van der Waals surface area contributed by atoms with E-state index in [1.807, 2.05) is 12.1 Å². The molecule has 0 radical (unpaired) electrons. The molecule has 1 aliphatic rings. The third-order valence-corrected chi connectivity index (χ3v) is 5.90. The third-order valence-electron chi connectivity index (χ3n) is 3.94. The summed E-state index contributed by atoms with van der Waals surface area (Å²) >= 11 is 0. The maximum absolute atomic E-state index is 12.7. The second-order valence-electron chi connectivity index (χ2n) is 5.67. The number of piperidine rings is 1. The molecule has 0 bridgehead atoms. The normalized spacial score (nSPS) is 21.3. The molecule has 1 aromatic carbocycles.